The minimum absolute atomic E-state index is 0.0124. The number of hydrogen-bond acceptors (Lipinski definition) is 7. The van der Waals surface area contributed by atoms with Crippen molar-refractivity contribution in [1.82, 2.24) is 25.6 Å². The SMILES string of the molecule is CCNC(=O)c1ccc(-n2cc(C(=O)NCCSCc3ccccc3)nn2)c(OCCOCCF)c1. The van der Waals surface area contributed by atoms with E-state index < -0.39 is 6.67 Å². The van der Waals surface area contributed by atoms with Crippen LogP contribution in [0.5, 0.6) is 5.75 Å². The van der Waals surface area contributed by atoms with Crippen molar-refractivity contribution in [2.45, 2.75) is 12.7 Å². The molecule has 0 aliphatic heterocycles. The summed E-state index contributed by atoms with van der Waals surface area (Å²) in [4.78, 5) is 24.8. The number of nitrogens with zero attached hydrogens (tertiary/aromatic N) is 3. The Hall–Kier alpha value is -3.44. The van der Waals surface area contributed by atoms with Crippen molar-refractivity contribution in [3.8, 4) is 11.4 Å². The van der Waals surface area contributed by atoms with E-state index in [1.807, 2.05) is 25.1 Å². The van der Waals surface area contributed by atoms with Gasteiger partial charge in [0.15, 0.2) is 5.69 Å². The lowest BCUT2D eigenvalue weighted by Crippen LogP contribution is -2.26. The van der Waals surface area contributed by atoms with Crippen LogP contribution in [0.4, 0.5) is 4.39 Å². The van der Waals surface area contributed by atoms with Gasteiger partial charge in [-0.2, -0.15) is 11.8 Å². The molecule has 0 unspecified atom stereocenters. The molecule has 0 spiro atoms. The monoisotopic (exact) mass is 515 g/mol. The minimum Gasteiger partial charge on any atom is -0.489 e. The molecule has 0 atom stereocenters. The second-order valence-electron chi connectivity index (χ2n) is 7.53. The first-order chi connectivity index (χ1) is 17.6. The fourth-order valence-corrected chi connectivity index (χ4v) is 3.99. The molecule has 36 heavy (non-hydrogen) atoms. The van der Waals surface area contributed by atoms with Crippen LogP contribution < -0.4 is 15.4 Å². The van der Waals surface area contributed by atoms with E-state index in [-0.39, 0.29) is 37.3 Å². The van der Waals surface area contributed by atoms with Crippen LogP contribution >= 0.6 is 11.8 Å². The highest BCUT2D eigenvalue weighted by molar-refractivity contribution is 7.98. The summed E-state index contributed by atoms with van der Waals surface area (Å²) in [6, 6.07) is 15.0. The quantitative estimate of drug-likeness (QED) is 0.300. The van der Waals surface area contributed by atoms with Crippen molar-refractivity contribution in [3.05, 3.63) is 71.5 Å². The van der Waals surface area contributed by atoms with Crippen LogP contribution in [0, 0.1) is 0 Å². The Morgan fingerprint density at radius 2 is 1.89 bits per heavy atom. The topological polar surface area (TPSA) is 107 Å². The molecule has 0 aliphatic carbocycles. The molecular formula is C25H30FN5O4S. The molecule has 0 fully saturated rings. The number of benzene rings is 2. The van der Waals surface area contributed by atoms with Crippen LogP contribution in [0.25, 0.3) is 5.69 Å². The van der Waals surface area contributed by atoms with E-state index in [0.29, 0.717) is 30.1 Å². The Morgan fingerprint density at radius 1 is 1.06 bits per heavy atom. The van der Waals surface area contributed by atoms with Gasteiger partial charge in [-0.1, -0.05) is 35.5 Å². The molecule has 192 valence electrons. The molecule has 3 aromatic rings. The zero-order valence-corrected chi connectivity index (χ0v) is 20.9. The third-order valence-corrected chi connectivity index (χ3v) is 5.91. The molecule has 0 aliphatic rings. The van der Waals surface area contributed by atoms with Crippen LogP contribution in [0.2, 0.25) is 0 Å². The lowest BCUT2D eigenvalue weighted by molar-refractivity contribution is 0.0894. The van der Waals surface area contributed by atoms with Gasteiger partial charge in [0.05, 0.1) is 19.4 Å². The molecule has 1 heterocycles. The van der Waals surface area contributed by atoms with Crippen LogP contribution in [0.15, 0.2) is 54.7 Å². The van der Waals surface area contributed by atoms with Crippen molar-refractivity contribution in [3.63, 3.8) is 0 Å². The van der Waals surface area contributed by atoms with Gasteiger partial charge in [-0.15, -0.1) is 5.10 Å². The maximum absolute atomic E-state index is 12.5. The van der Waals surface area contributed by atoms with Gasteiger partial charge in [-0.3, -0.25) is 9.59 Å². The van der Waals surface area contributed by atoms with Gasteiger partial charge in [0.1, 0.15) is 24.7 Å². The first-order valence-corrected chi connectivity index (χ1v) is 12.8. The fourth-order valence-electron chi connectivity index (χ4n) is 3.17. The average Bonchev–Trinajstić information content (AvgIpc) is 3.39. The maximum atomic E-state index is 12.5. The molecule has 9 nitrogen and oxygen atoms in total. The van der Waals surface area contributed by atoms with Crippen LogP contribution in [-0.2, 0) is 10.5 Å². The van der Waals surface area contributed by atoms with Gasteiger partial charge in [0.25, 0.3) is 11.8 Å². The molecular weight excluding hydrogens is 485 g/mol. The summed E-state index contributed by atoms with van der Waals surface area (Å²) in [5, 5.41) is 13.6. The number of nitrogens with one attached hydrogen (secondary N) is 2. The summed E-state index contributed by atoms with van der Waals surface area (Å²) < 4.78 is 24.5. The van der Waals surface area contributed by atoms with Crippen LogP contribution in [0.1, 0.15) is 33.3 Å². The smallest absolute Gasteiger partial charge is 0.273 e. The standard InChI is InChI=1S/C25H30FN5O4S/c1-2-27-24(32)20-8-9-22(23(16-20)35-14-13-34-12-10-26)31-17-21(29-30-31)25(33)28-11-15-36-18-19-6-4-3-5-7-19/h3-9,16-17H,2,10-15,18H2,1H3,(H,27,32)(H,28,33). The zero-order chi connectivity index (χ0) is 25.6. The van der Waals surface area contributed by atoms with Crippen molar-refractivity contribution < 1.29 is 23.5 Å². The fraction of sp³-hybridized carbons (Fsp3) is 0.360. The third-order valence-electron chi connectivity index (χ3n) is 4.88. The Morgan fingerprint density at radius 3 is 2.67 bits per heavy atom. The summed E-state index contributed by atoms with van der Waals surface area (Å²) in [5.74, 6) is 1.42. The Kier molecular flexibility index (Phi) is 11.2. The second kappa shape index (κ2) is 14.8. The molecule has 0 bridgehead atoms. The highest BCUT2D eigenvalue weighted by Crippen LogP contribution is 2.24. The van der Waals surface area contributed by atoms with E-state index in [9.17, 15) is 14.0 Å². The van der Waals surface area contributed by atoms with Gasteiger partial charge in [0, 0.05) is 30.2 Å². The van der Waals surface area contributed by atoms with Crippen molar-refractivity contribution >= 4 is 23.6 Å². The molecule has 0 radical (unpaired) electrons. The van der Waals surface area contributed by atoms with Gasteiger partial charge in [0.2, 0.25) is 0 Å². The van der Waals surface area contributed by atoms with Crippen LogP contribution in [-0.4, -0.2) is 72.1 Å². The molecule has 2 N–H and O–H groups in total. The third kappa shape index (κ3) is 8.35. The first-order valence-electron chi connectivity index (χ1n) is 11.6. The van der Waals surface area contributed by atoms with Gasteiger partial charge in [-0.05, 0) is 30.7 Å². The van der Waals surface area contributed by atoms with E-state index in [0.717, 1.165) is 11.5 Å². The maximum Gasteiger partial charge on any atom is 0.273 e. The molecule has 1 aromatic heterocycles. The number of amides is 2. The normalized spacial score (nSPS) is 10.7. The second-order valence-corrected chi connectivity index (χ2v) is 8.64. The number of ether oxygens (including phenoxy) is 2. The van der Waals surface area contributed by atoms with Crippen molar-refractivity contribution in [1.29, 1.82) is 0 Å². The summed E-state index contributed by atoms with van der Waals surface area (Å²) in [6.07, 6.45) is 1.50. The average molecular weight is 516 g/mol. The Labute approximate surface area is 213 Å². The van der Waals surface area contributed by atoms with Gasteiger partial charge in [-0.25, -0.2) is 9.07 Å². The minimum atomic E-state index is -0.576. The van der Waals surface area contributed by atoms with E-state index in [1.54, 1.807) is 30.0 Å². The summed E-state index contributed by atoms with van der Waals surface area (Å²) in [5.41, 5.74) is 2.31. The van der Waals surface area contributed by atoms with E-state index in [2.05, 4.69) is 33.1 Å². The summed E-state index contributed by atoms with van der Waals surface area (Å²) in [6.45, 7) is 2.55. The largest absolute Gasteiger partial charge is 0.489 e. The molecule has 2 aromatic carbocycles. The van der Waals surface area contributed by atoms with Crippen LogP contribution in [0.3, 0.4) is 0 Å². The number of aromatic nitrogens is 3. The van der Waals surface area contributed by atoms with E-state index >= 15 is 0 Å². The number of carbonyl (C=O) groups excluding carboxylic acids is 2. The van der Waals surface area contributed by atoms with E-state index in [1.165, 1.54) is 16.4 Å². The Balaban J connectivity index is 1.61. The number of alkyl halides is 1. The first kappa shape index (κ1) is 27.2. The molecule has 2 amide bonds. The van der Waals surface area contributed by atoms with Crippen molar-refractivity contribution in [2.24, 2.45) is 0 Å². The molecule has 3 rings (SSSR count). The molecule has 0 saturated carbocycles. The summed E-state index contributed by atoms with van der Waals surface area (Å²) in [7, 11) is 0. The predicted molar refractivity (Wildman–Crippen MR) is 137 cm³/mol. The molecule has 0 saturated heterocycles. The number of halogens is 1. The van der Waals surface area contributed by atoms with Crippen molar-refractivity contribution in [2.75, 3.05) is 45.3 Å². The summed E-state index contributed by atoms with van der Waals surface area (Å²) >= 11 is 1.73. The molecule has 11 heteroatoms. The number of carbonyl (C=O) groups is 2. The van der Waals surface area contributed by atoms with E-state index in [4.69, 9.17) is 9.47 Å². The van der Waals surface area contributed by atoms with Gasteiger partial charge < -0.3 is 20.1 Å². The zero-order valence-electron chi connectivity index (χ0n) is 20.1. The lowest BCUT2D eigenvalue weighted by atomic mass is 10.1. The number of hydrogen-bond donors (Lipinski definition) is 2. The van der Waals surface area contributed by atoms with Gasteiger partial charge >= 0.3 is 0 Å². The number of thioether (sulfide) groups is 1. The Bertz CT molecular complexity index is 1110. The predicted octanol–water partition coefficient (Wildman–Crippen LogP) is 3.05. The highest BCUT2D eigenvalue weighted by Gasteiger charge is 2.16. The number of rotatable bonds is 15. The lowest BCUT2D eigenvalue weighted by Gasteiger charge is -2.13. The highest BCUT2D eigenvalue weighted by atomic mass is 32.2.